The number of rotatable bonds is 4. The zero-order chi connectivity index (χ0) is 13.4. The second-order valence-electron chi connectivity index (χ2n) is 5.29. The fourth-order valence-electron chi connectivity index (χ4n) is 2.58. The lowest BCUT2D eigenvalue weighted by molar-refractivity contribution is 0.0897. The van der Waals surface area contributed by atoms with Crippen molar-refractivity contribution in [3.05, 3.63) is 17.5 Å². The van der Waals surface area contributed by atoms with Crippen LogP contribution in [-0.4, -0.2) is 33.7 Å². The quantitative estimate of drug-likeness (QED) is 0.811. The third-order valence-electron chi connectivity index (χ3n) is 3.64. The summed E-state index contributed by atoms with van der Waals surface area (Å²) in [6, 6.07) is 2.10. The minimum absolute atomic E-state index is 0.300. The smallest absolute Gasteiger partial charge is 0.223 e. The van der Waals surface area contributed by atoms with Gasteiger partial charge in [0.15, 0.2) is 0 Å². The van der Waals surface area contributed by atoms with Crippen LogP contribution in [0.15, 0.2) is 6.07 Å². The molecule has 3 N–H and O–H groups in total. The molecule has 1 aromatic heterocycles. The highest BCUT2D eigenvalue weighted by molar-refractivity contribution is 7.80. The number of thiocarbonyl (C=S) groups is 1. The molecule has 1 aliphatic heterocycles. The summed E-state index contributed by atoms with van der Waals surface area (Å²) in [7, 11) is 0. The fourth-order valence-corrected chi connectivity index (χ4v) is 2.68. The van der Waals surface area contributed by atoms with Crippen LogP contribution in [0.5, 0.6) is 0 Å². The summed E-state index contributed by atoms with van der Waals surface area (Å²) in [4.78, 5) is 9.07. The Hall–Kier alpha value is -1.27. The Morgan fingerprint density at radius 3 is 2.89 bits per heavy atom. The Bertz CT molecular complexity index is 503. The lowest BCUT2D eigenvalue weighted by Crippen LogP contribution is -2.32. The average molecular weight is 278 g/mol. The van der Waals surface area contributed by atoms with Gasteiger partial charge < -0.3 is 15.8 Å². The van der Waals surface area contributed by atoms with E-state index in [9.17, 15) is 0 Å². The number of hydrogen-bond acceptors (Lipinski definition) is 5. The van der Waals surface area contributed by atoms with Crippen LogP contribution in [0.25, 0.3) is 0 Å². The van der Waals surface area contributed by atoms with Gasteiger partial charge in [-0.15, -0.1) is 0 Å². The molecule has 0 amide bonds. The van der Waals surface area contributed by atoms with E-state index in [4.69, 9.17) is 22.7 Å². The van der Waals surface area contributed by atoms with E-state index in [-0.39, 0.29) is 0 Å². The van der Waals surface area contributed by atoms with Crippen LogP contribution in [0.3, 0.4) is 0 Å². The van der Waals surface area contributed by atoms with Gasteiger partial charge in [-0.05, 0) is 38.2 Å². The first-order chi connectivity index (χ1) is 9.13. The highest BCUT2D eigenvalue weighted by Crippen LogP contribution is 2.39. The normalized spacial score (nSPS) is 26.4. The molecule has 1 saturated carbocycles. The number of ether oxygens (including phenoxy) is 1. The Kier molecular flexibility index (Phi) is 3.36. The molecule has 2 fully saturated rings. The number of nitrogens with zero attached hydrogens (tertiary/aromatic N) is 2. The van der Waals surface area contributed by atoms with E-state index < -0.39 is 0 Å². The molecular formula is C13H18N4OS. The van der Waals surface area contributed by atoms with Crippen LogP contribution >= 0.6 is 12.2 Å². The number of anilines is 1. The van der Waals surface area contributed by atoms with Gasteiger partial charge in [-0.1, -0.05) is 12.2 Å². The van der Waals surface area contributed by atoms with Crippen molar-refractivity contribution in [1.82, 2.24) is 9.97 Å². The number of nitrogens with two attached hydrogens (primary N) is 1. The van der Waals surface area contributed by atoms with Gasteiger partial charge in [-0.2, -0.15) is 0 Å². The van der Waals surface area contributed by atoms with Gasteiger partial charge >= 0.3 is 0 Å². The molecular weight excluding hydrogens is 260 g/mol. The fraction of sp³-hybridized carbons (Fsp3) is 0.615. The molecule has 5 nitrogen and oxygen atoms in total. The summed E-state index contributed by atoms with van der Waals surface area (Å²) in [6.45, 7) is 2.73. The van der Waals surface area contributed by atoms with E-state index >= 15 is 0 Å². The van der Waals surface area contributed by atoms with Crippen LogP contribution in [0.1, 0.15) is 30.7 Å². The number of hydrogen-bond donors (Lipinski definition) is 2. The van der Waals surface area contributed by atoms with Crippen molar-refractivity contribution in [2.24, 2.45) is 11.7 Å². The van der Waals surface area contributed by atoms with E-state index in [2.05, 4.69) is 15.3 Å². The minimum atomic E-state index is 0.300. The molecule has 1 aliphatic carbocycles. The molecule has 2 unspecified atom stereocenters. The maximum absolute atomic E-state index is 5.80. The molecule has 2 aliphatic rings. The van der Waals surface area contributed by atoms with Crippen molar-refractivity contribution in [2.45, 2.75) is 38.3 Å². The second kappa shape index (κ2) is 5.02. The SMILES string of the molecule is Cc1cc(C(N)=S)nc(NC2CCOC2C2CC2)n1. The van der Waals surface area contributed by atoms with Crippen molar-refractivity contribution in [2.75, 3.05) is 11.9 Å². The number of nitrogens with one attached hydrogen (secondary N) is 1. The molecule has 0 aromatic carbocycles. The first kappa shape index (κ1) is 12.7. The zero-order valence-corrected chi connectivity index (χ0v) is 11.7. The molecule has 0 spiro atoms. The van der Waals surface area contributed by atoms with Gasteiger partial charge in [0.2, 0.25) is 5.95 Å². The highest BCUT2D eigenvalue weighted by Gasteiger charge is 2.40. The molecule has 1 saturated heterocycles. The summed E-state index contributed by atoms with van der Waals surface area (Å²) in [6.07, 6.45) is 3.85. The third kappa shape index (κ3) is 2.84. The Labute approximate surface area is 118 Å². The van der Waals surface area contributed by atoms with Crippen molar-refractivity contribution in [3.63, 3.8) is 0 Å². The lowest BCUT2D eigenvalue weighted by Gasteiger charge is -2.19. The van der Waals surface area contributed by atoms with E-state index in [0.717, 1.165) is 18.7 Å². The maximum Gasteiger partial charge on any atom is 0.223 e. The summed E-state index contributed by atoms with van der Waals surface area (Å²) in [5, 5.41) is 3.39. The van der Waals surface area contributed by atoms with Gasteiger partial charge in [0.05, 0.1) is 12.1 Å². The summed E-state index contributed by atoms with van der Waals surface area (Å²) >= 11 is 4.97. The molecule has 102 valence electrons. The molecule has 1 aromatic rings. The van der Waals surface area contributed by atoms with Gasteiger partial charge in [-0.3, -0.25) is 0 Å². The largest absolute Gasteiger partial charge is 0.388 e. The molecule has 2 atom stereocenters. The average Bonchev–Trinajstić information content (AvgIpc) is 3.10. The van der Waals surface area contributed by atoms with E-state index in [1.165, 1.54) is 12.8 Å². The third-order valence-corrected chi connectivity index (χ3v) is 3.85. The Morgan fingerprint density at radius 2 is 2.21 bits per heavy atom. The monoisotopic (exact) mass is 278 g/mol. The van der Waals surface area contributed by atoms with Crippen LogP contribution in [0.4, 0.5) is 5.95 Å². The number of aryl methyl sites for hydroxylation is 1. The predicted octanol–water partition coefficient (Wildman–Crippen LogP) is 1.40. The highest BCUT2D eigenvalue weighted by atomic mass is 32.1. The Balaban J connectivity index is 1.76. The molecule has 0 bridgehead atoms. The Morgan fingerprint density at radius 1 is 1.42 bits per heavy atom. The topological polar surface area (TPSA) is 73.1 Å². The molecule has 3 rings (SSSR count). The van der Waals surface area contributed by atoms with Crippen LogP contribution < -0.4 is 11.1 Å². The second-order valence-corrected chi connectivity index (χ2v) is 5.73. The van der Waals surface area contributed by atoms with Crippen molar-refractivity contribution in [3.8, 4) is 0 Å². The first-order valence-electron chi connectivity index (χ1n) is 6.67. The first-order valence-corrected chi connectivity index (χ1v) is 7.08. The van der Waals surface area contributed by atoms with Crippen molar-refractivity contribution in [1.29, 1.82) is 0 Å². The van der Waals surface area contributed by atoms with E-state index in [1.54, 1.807) is 6.07 Å². The van der Waals surface area contributed by atoms with Gasteiger partial charge in [0, 0.05) is 12.3 Å². The zero-order valence-electron chi connectivity index (χ0n) is 10.9. The van der Waals surface area contributed by atoms with Gasteiger partial charge in [0.25, 0.3) is 0 Å². The standard InChI is InChI=1S/C13H18N4OS/c1-7-6-10(12(14)19)17-13(15-7)16-9-4-5-18-11(9)8-2-3-8/h6,8-9,11H,2-5H2,1H3,(H2,14,19)(H,15,16,17). The maximum atomic E-state index is 5.80. The van der Waals surface area contributed by atoms with Crippen LogP contribution in [-0.2, 0) is 4.74 Å². The predicted molar refractivity (Wildman–Crippen MR) is 77.1 cm³/mol. The van der Waals surface area contributed by atoms with E-state index in [0.29, 0.717) is 34.7 Å². The molecule has 0 radical (unpaired) electrons. The number of aromatic nitrogens is 2. The summed E-state index contributed by atoms with van der Waals surface area (Å²) in [5.74, 6) is 1.31. The van der Waals surface area contributed by atoms with Crippen molar-refractivity contribution < 1.29 is 4.74 Å². The van der Waals surface area contributed by atoms with Gasteiger partial charge in [-0.25, -0.2) is 9.97 Å². The molecule has 2 heterocycles. The van der Waals surface area contributed by atoms with Crippen LogP contribution in [0, 0.1) is 12.8 Å². The van der Waals surface area contributed by atoms with Crippen molar-refractivity contribution >= 4 is 23.2 Å². The van der Waals surface area contributed by atoms with Crippen LogP contribution in [0.2, 0.25) is 0 Å². The lowest BCUT2D eigenvalue weighted by atomic mass is 10.1. The van der Waals surface area contributed by atoms with E-state index in [1.807, 2.05) is 6.92 Å². The summed E-state index contributed by atoms with van der Waals surface area (Å²) in [5.41, 5.74) is 7.11. The van der Waals surface area contributed by atoms with Gasteiger partial charge in [0.1, 0.15) is 10.7 Å². The molecule has 6 heteroatoms. The summed E-state index contributed by atoms with van der Waals surface area (Å²) < 4.78 is 5.80. The minimum Gasteiger partial charge on any atom is -0.388 e. The molecule has 19 heavy (non-hydrogen) atoms.